The molecule has 1 heterocycles. The second kappa shape index (κ2) is 2.73. The highest BCUT2D eigenvalue weighted by Gasteiger charge is 2.37. The zero-order valence-electron chi connectivity index (χ0n) is 6.82. The average molecular weight is 203 g/mol. The minimum Gasteiger partial charge on any atom is -0.331 e. The number of aromatic amines is 1. The van der Waals surface area contributed by atoms with Crippen LogP contribution in [0.4, 0.5) is 17.6 Å². The molecule has 0 bridgehead atoms. The van der Waals surface area contributed by atoms with Crippen molar-refractivity contribution in [1.82, 2.24) is 4.98 Å². The van der Waals surface area contributed by atoms with Gasteiger partial charge in [-0.1, -0.05) is 18.2 Å². The Morgan fingerprint density at radius 2 is 1.71 bits per heavy atom. The van der Waals surface area contributed by atoms with E-state index in [2.05, 4.69) is 0 Å². The van der Waals surface area contributed by atoms with Crippen molar-refractivity contribution < 1.29 is 17.6 Å². The second-order valence-electron chi connectivity index (χ2n) is 2.86. The number of alkyl halides is 3. The number of benzene rings is 1. The first-order chi connectivity index (χ1) is 6.50. The van der Waals surface area contributed by atoms with E-state index in [0.717, 1.165) is 0 Å². The van der Waals surface area contributed by atoms with Gasteiger partial charge in [0, 0.05) is 10.9 Å². The van der Waals surface area contributed by atoms with E-state index in [9.17, 15) is 17.6 Å². The van der Waals surface area contributed by atoms with Crippen LogP contribution in [-0.2, 0) is 6.18 Å². The summed E-state index contributed by atoms with van der Waals surface area (Å²) in [6.07, 6.45) is -4.66. The predicted octanol–water partition coefficient (Wildman–Crippen LogP) is 3.33. The van der Waals surface area contributed by atoms with Gasteiger partial charge in [-0.25, -0.2) is 0 Å². The van der Waals surface area contributed by atoms with Crippen LogP contribution in [0.2, 0.25) is 0 Å². The van der Waals surface area contributed by atoms with Crippen LogP contribution in [0.1, 0.15) is 5.56 Å². The van der Waals surface area contributed by atoms with Gasteiger partial charge in [0.1, 0.15) is 5.56 Å². The summed E-state index contributed by atoms with van der Waals surface area (Å²) in [5.74, 6) is -1.33. The van der Waals surface area contributed by atoms with Gasteiger partial charge in [0.15, 0.2) is 0 Å². The van der Waals surface area contributed by atoms with Crippen LogP contribution in [0.5, 0.6) is 0 Å². The van der Waals surface area contributed by atoms with Gasteiger partial charge in [0.25, 0.3) is 0 Å². The SMILES string of the molecule is Fc1[nH]c2ccccc2c1C(F)(F)F. The molecule has 14 heavy (non-hydrogen) atoms. The van der Waals surface area contributed by atoms with Crippen LogP contribution in [0.15, 0.2) is 24.3 Å². The van der Waals surface area contributed by atoms with Crippen LogP contribution in [-0.4, -0.2) is 4.98 Å². The Morgan fingerprint density at radius 1 is 1.07 bits per heavy atom. The third-order valence-electron chi connectivity index (χ3n) is 1.94. The Labute approximate surface area is 76.3 Å². The van der Waals surface area contributed by atoms with E-state index in [1.165, 1.54) is 18.2 Å². The molecule has 2 rings (SSSR count). The summed E-state index contributed by atoms with van der Waals surface area (Å²) in [7, 11) is 0. The first kappa shape index (κ1) is 9.05. The number of nitrogens with one attached hydrogen (secondary N) is 1. The summed E-state index contributed by atoms with van der Waals surface area (Å²) in [5.41, 5.74) is -1.08. The zero-order valence-corrected chi connectivity index (χ0v) is 6.82. The van der Waals surface area contributed by atoms with E-state index in [0.29, 0.717) is 0 Å². The fraction of sp³-hybridized carbons (Fsp3) is 0.111. The van der Waals surface area contributed by atoms with Crippen LogP contribution in [0, 0.1) is 5.95 Å². The molecule has 1 aromatic heterocycles. The lowest BCUT2D eigenvalue weighted by Crippen LogP contribution is -2.06. The zero-order chi connectivity index (χ0) is 10.3. The van der Waals surface area contributed by atoms with E-state index in [1.807, 2.05) is 4.98 Å². The maximum absolute atomic E-state index is 12.9. The number of hydrogen-bond acceptors (Lipinski definition) is 0. The Balaban J connectivity index is 2.81. The molecule has 0 aliphatic rings. The quantitative estimate of drug-likeness (QED) is 0.632. The average Bonchev–Trinajstić information content (AvgIpc) is 2.38. The largest absolute Gasteiger partial charge is 0.421 e. The lowest BCUT2D eigenvalue weighted by Gasteiger charge is -2.03. The van der Waals surface area contributed by atoms with Crippen molar-refractivity contribution in [3.8, 4) is 0 Å². The summed E-state index contributed by atoms with van der Waals surface area (Å²) in [6, 6.07) is 5.61. The molecule has 0 saturated carbocycles. The Hall–Kier alpha value is -1.52. The van der Waals surface area contributed by atoms with Crippen molar-refractivity contribution in [2.75, 3.05) is 0 Å². The molecule has 0 spiro atoms. The van der Waals surface area contributed by atoms with E-state index in [4.69, 9.17) is 0 Å². The lowest BCUT2D eigenvalue weighted by atomic mass is 10.2. The van der Waals surface area contributed by atoms with Crippen molar-refractivity contribution >= 4 is 10.9 Å². The molecule has 0 amide bonds. The summed E-state index contributed by atoms with van der Waals surface area (Å²) >= 11 is 0. The Kier molecular flexibility index (Phi) is 1.77. The molecule has 1 nitrogen and oxygen atoms in total. The van der Waals surface area contributed by atoms with Crippen molar-refractivity contribution in [2.24, 2.45) is 0 Å². The number of fused-ring (bicyclic) bond motifs is 1. The Morgan fingerprint density at radius 3 is 2.36 bits per heavy atom. The molecule has 1 aromatic carbocycles. The number of halogens is 4. The molecule has 1 N–H and O–H groups in total. The number of rotatable bonds is 0. The van der Waals surface area contributed by atoms with Gasteiger partial charge in [-0.15, -0.1) is 0 Å². The van der Waals surface area contributed by atoms with Gasteiger partial charge < -0.3 is 4.98 Å². The smallest absolute Gasteiger partial charge is 0.331 e. The molecule has 5 heteroatoms. The standard InChI is InChI=1S/C9H5F4N/c10-8-7(9(11,12)13)5-3-1-2-4-6(5)14-8/h1-4,14H. The topological polar surface area (TPSA) is 15.8 Å². The maximum atomic E-state index is 12.9. The monoisotopic (exact) mass is 203 g/mol. The molecule has 0 atom stereocenters. The third kappa shape index (κ3) is 1.25. The van der Waals surface area contributed by atoms with Crippen LogP contribution >= 0.6 is 0 Å². The summed E-state index contributed by atoms with van der Waals surface area (Å²) in [6.45, 7) is 0. The summed E-state index contributed by atoms with van der Waals surface area (Å²) in [4.78, 5) is 2.05. The predicted molar refractivity (Wildman–Crippen MR) is 43.3 cm³/mol. The molecule has 0 saturated heterocycles. The van der Waals surface area contributed by atoms with Gasteiger partial charge in [0.2, 0.25) is 5.95 Å². The fourth-order valence-electron chi connectivity index (χ4n) is 1.39. The molecule has 0 aliphatic carbocycles. The maximum Gasteiger partial charge on any atom is 0.421 e. The molecular weight excluding hydrogens is 198 g/mol. The summed E-state index contributed by atoms with van der Waals surface area (Å²) in [5, 5.41) is -0.141. The minimum absolute atomic E-state index is 0.141. The molecule has 0 unspecified atom stereocenters. The van der Waals surface area contributed by atoms with Crippen molar-refractivity contribution in [1.29, 1.82) is 0 Å². The van der Waals surface area contributed by atoms with Crippen molar-refractivity contribution in [3.05, 3.63) is 35.8 Å². The molecule has 0 radical (unpaired) electrons. The fourth-order valence-corrected chi connectivity index (χ4v) is 1.39. The van der Waals surface area contributed by atoms with Gasteiger partial charge in [0.05, 0.1) is 0 Å². The highest BCUT2D eigenvalue weighted by Crippen LogP contribution is 2.36. The number of para-hydroxylation sites is 1. The molecule has 74 valence electrons. The first-order valence-electron chi connectivity index (χ1n) is 3.83. The number of H-pyrrole nitrogens is 1. The summed E-state index contributed by atoms with van der Waals surface area (Å²) < 4.78 is 50.0. The van der Waals surface area contributed by atoms with Crippen molar-refractivity contribution in [2.45, 2.75) is 6.18 Å². The van der Waals surface area contributed by atoms with Gasteiger partial charge in [-0.05, 0) is 6.07 Å². The lowest BCUT2D eigenvalue weighted by molar-refractivity contribution is -0.138. The molecular formula is C9H5F4N. The van der Waals surface area contributed by atoms with Crippen LogP contribution in [0.25, 0.3) is 10.9 Å². The highest BCUT2D eigenvalue weighted by molar-refractivity contribution is 5.83. The number of hydrogen-bond donors (Lipinski definition) is 1. The molecule has 0 aliphatic heterocycles. The van der Waals surface area contributed by atoms with Crippen LogP contribution in [0.3, 0.4) is 0 Å². The van der Waals surface area contributed by atoms with E-state index >= 15 is 0 Å². The highest BCUT2D eigenvalue weighted by atomic mass is 19.4. The Bertz CT molecular complexity index is 469. The minimum atomic E-state index is -4.66. The molecule has 2 aromatic rings. The van der Waals surface area contributed by atoms with E-state index < -0.39 is 17.7 Å². The molecule has 0 fully saturated rings. The van der Waals surface area contributed by atoms with Gasteiger partial charge in [-0.2, -0.15) is 17.6 Å². The number of aromatic nitrogens is 1. The van der Waals surface area contributed by atoms with Gasteiger partial charge in [-0.3, -0.25) is 0 Å². The third-order valence-corrected chi connectivity index (χ3v) is 1.94. The second-order valence-corrected chi connectivity index (χ2v) is 2.86. The van der Waals surface area contributed by atoms with E-state index in [1.54, 1.807) is 6.07 Å². The van der Waals surface area contributed by atoms with Crippen LogP contribution < -0.4 is 0 Å². The van der Waals surface area contributed by atoms with E-state index in [-0.39, 0.29) is 10.9 Å². The first-order valence-corrected chi connectivity index (χ1v) is 3.83. The van der Waals surface area contributed by atoms with Crippen molar-refractivity contribution in [3.63, 3.8) is 0 Å². The normalized spacial score (nSPS) is 12.3. The van der Waals surface area contributed by atoms with Gasteiger partial charge >= 0.3 is 6.18 Å².